The van der Waals surface area contributed by atoms with E-state index in [9.17, 15) is 17.6 Å². The van der Waals surface area contributed by atoms with E-state index in [0.717, 1.165) is 6.26 Å². The summed E-state index contributed by atoms with van der Waals surface area (Å²) in [6, 6.07) is 8.43. The number of fused-ring (bicyclic) bond motifs is 1. The number of nitrogens with zero attached hydrogens (tertiary/aromatic N) is 4. The lowest BCUT2D eigenvalue weighted by Crippen LogP contribution is -2.27. The number of aromatic nitrogens is 4. The van der Waals surface area contributed by atoms with Crippen LogP contribution in [0.3, 0.4) is 0 Å². The summed E-state index contributed by atoms with van der Waals surface area (Å²) in [6.45, 7) is 1.77. The van der Waals surface area contributed by atoms with Crippen molar-refractivity contribution >= 4 is 26.6 Å². The molecule has 1 unspecified atom stereocenters. The molecule has 0 spiro atoms. The second kappa shape index (κ2) is 7.88. The van der Waals surface area contributed by atoms with Gasteiger partial charge in [-0.1, -0.05) is 6.07 Å². The molecule has 0 aliphatic carbocycles. The zero-order valence-electron chi connectivity index (χ0n) is 16.7. The third kappa shape index (κ3) is 4.15. The standard InChI is InChI=1S/C21H18FN5O3S/c1-13(14-3-8-20(24-9-14)31(2,29)30)26-21(28)18-10-23-12-19-17(18)11-25-27(19)16-6-4-15(22)5-7-16/h3-13H,1-2H3,(H,26,28). The summed E-state index contributed by atoms with van der Waals surface area (Å²) in [7, 11) is -3.40. The molecule has 10 heteroatoms. The molecule has 3 heterocycles. The number of benzene rings is 1. The van der Waals surface area contributed by atoms with Gasteiger partial charge in [0.2, 0.25) is 0 Å². The van der Waals surface area contributed by atoms with E-state index in [-0.39, 0.29) is 16.8 Å². The zero-order valence-corrected chi connectivity index (χ0v) is 17.5. The largest absolute Gasteiger partial charge is 0.345 e. The van der Waals surface area contributed by atoms with E-state index in [4.69, 9.17) is 0 Å². The summed E-state index contributed by atoms with van der Waals surface area (Å²) in [6.07, 6.45) is 7.10. The van der Waals surface area contributed by atoms with Crippen molar-refractivity contribution < 1.29 is 17.6 Å². The number of sulfone groups is 1. The first kappa shape index (κ1) is 20.6. The Morgan fingerprint density at radius 3 is 2.45 bits per heavy atom. The van der Waals surface area contributed by atoms with Gasteiger partial charge in [0.15, 0.2) is 14.9 Å². The fourth-order valence-electron chi connectivity index (χ4n) is 3.14. The molecule has 1 amide bonds. The lowest BCUT2D eigenvalue weighted by Gasteiger charge is -2.14. The first-order chi connectivity index (χ1) is 14.7. The Kier molecular flexibility index (Phi) is 5.24. The first-order valence-corrected chi connectivity index (χ1v) is 11.2. The molecule has 8 nitrogen and oxygen atoms in total. The molecule has 3 aromatic heterocycles. The lowest BCUT2D eigenvalue weighted by atomic mass is 10.1. The van der Waals surface area contributed by atoms with Crippen LogP contribution in [0.2, 0.25) is 0 Å². The summed E-state index contributed by atoms with van der Waals surface area (Å²) in [5.74, 6) is -0.720. The van der Waals surface area contributed by atoms with E-state index >= 15 is 0 Å². The van der Waals surface area contributed by atoms with Gasteiger partial charge in [-0.25, -0.2) is 22.5 Å². The molecule has 0 aliphatic rings. The Balaban J connectivity index is 1.60. The Bertz CT molecular complexity index is 1370. The van der Waals surface area contributed by atoms with Crippen molar-refractivity contribution in [1.29, 1.82) is 0 Å². The van der Waals surface area contributed by atoms with Crippen molar-refractivity contribution in [2.24, 2.45) is 0 Å². The summed E-state index contributed by atoms with van der Waals surface area (Å²) < 4.78 is 37.9. The van der Waals surface area contributed by atoms with Gasteiger partial charge in [0.25, 0.3) is 5.91 Å². The van der Waals surface area contributed by atoms with Gasteiger partial charge < -0.3 is 5.32 Å². The fraction of sp³-hybridized carbons (Fsp3) is 0.143. The molecule has 1 N–H and O–H groups in total. The molecular weight excluding hydrogens is 421 g/mol. The minimum absolute atomic E-state index is 0.0306. The van der Waals surface area contributed by atoms with Gasteiger partial charge in [-0.3, -0.25) is 9.78 Å². The number of nitrogens with one attached hydrogen (secondary N) is 1. The average molecular weight is 439 g/mol. The van der Waals surface area contributed by atoms with Crippen molar-refractivity contribution in [3.8, 4) is 5.69 Å². The van der Waals surface area contributed by atoms with Crippen molar-refractivity contribution in [3.63, 3.8) is 0 Å². The number of hydrogen-bond donors (Lipinski definition) is 1. The number of hydrogen-bond acceptors (Lipinski definition) is 6. The summed E-state index contributed by atoms with van der Waals surface area (Å²) >= 11 is 0. The number of halogens is 1. The van der Waals surface area contributed by atoms with Gasteiger partial charge in [0.1, 0.15) is 5.82 Å². The molecule has 0 radical (unpaired) electrons. The first-order valence-electron chi connectivity index (χ1n) is 9.28. The highest BCUT2D eigenvalue weighted by molar-refractivity contribution is 7.90. The summed E-state index contributed by atoms with van der Waals surface area (Å²) in [5, 5.41) is 7.74. The molecule has 158 valence electrons. The molecular formula is C21H18FN5O3S. The Hall–Kier alpha value is -3.66. The SMILES string of the molecule is CC(NC(=O)c1cncc2c1cnn2-c1ccc(F)cc1)c1ccc(S(C)(=O)=O)nc1. The highest BCUT2D eigenvalue weighted by Gasteiger charge is 2.18. The minimum Gasteiger partial charge on any atom is -0.345 e. The van der Waals surface area contributed by atoms with Gasteiger partial charge in [0, 0.05) is 24.0 Å². The lowest BCUT2D eigenvalue weighted by molar-refractivity contribution is 0.0941. The zero-order chi connectivity index (χ0) is 22.2. The van der Waals surface area contributed by atoms with Gasteiger partial charge in [-0.2, -0.15) is 5.10 Å². The van der Waals surface area contributed by atoms with E-state index in [1.165, 1.54) is 30.6 Å². The molecule has 4 rings (SSSR count). The highest BCUT2D eigenvalue weighted by atomic mass is 32.2. The van der Waals surface area contributed by atoms with Gasteiger partial charge >= 0.3 is 0 Å². The van der Waals surface area contributed by atoms with Crippen LogP contribution in [0.15, 0.2) is 66.2 Å². The number of carbonyl (C=O) groups is 1. The monoisotopic (exact) mass is 439 g/mol. The minimum atomic E-state index is -3.40. The number of rotatable bonds is 5. The number of amides is 1. The van der Waals surface area contributed by atoms with Gasteiger partial charge in [0.05, 0.1) is 35.2 Å². The van der Waals surface area contributed by atoms with Crippen LogP contribution in [0.1, 0.15) is 28.9 Å². The third-order valence-corrected chi connectivity index (χ3v) is 5.80. The maximum absolute atomic E-state index is 13.2. The van der Waals surface area contributed by atoms with E-state index in [0.29, 0.717) is 27.7 Å². The van der Waals surface area contributed by atoms with Crippen LogP contribution in [0.25, 0.3) is 16.6 Å². The van der Waals surface area contributed by atoms with Crippen LogP contribution in [0.5, 0.6) is 0 Å². The second-order valence-electron chi connectivity index (χ2n) is 7.05. The molecule has 4 aromatic rings. The molecule has 0 fully saturated rings. The normalized spacial score (nSPS) is 12.6. The highest BCUT2D eigenvalue weighted by Crippen LogP contribution is 2.22. The van der Waals surface area contributed by atoms with E-state index in [1.54, 1.807) is 42.2 Å². The average Bonchev–Trinajstić information content (AvgIpc) is 3.18. The Labute approximate surface area is 177 Å². The maximum atomic E-state index is 13.2. The van der Waals surface area contributed by atoms with Crippen molar-refractivity contribution in [2.75, 3.05) is 6.26 Å². The third-order valence-electron chi connectivity index (χ3n) is 4.80. The van der Waals surface area contributed by atoms with Crippen LogP contribution in [0.4, 0.5) is 4.39 Å². The van der Waals surface area contributed by atoms with Crippen molar-refractivity contribution in [1.82, 2.24) is 25.1 Å². The van der Waals surface area contributed by atoms with Crippen molar-refractivity contribution in [3.05, 3.63) is 78.1 Å². The Morgan fingerprint density at radius 2 is 1.81 bits per heavy atom. The molecule has 0 aliphatic heterocycles. The smallest absolute Gasteiger partial charge is 0.254 e. The van der Waals surface area contributed by atoms with E-state index < -0.39 is 15.9 Å². The maximum Gasteiger partial charge on any atom is 0.254 e. The molecule has 0 saturated carbocycles. The van der Waals surface area contributed by atoms with Crippen LogP contribution in [-0.4, -0.2) is 40.3 Å². The van der Waals surface area contributed by atoms with E-state index in [1.807, 2.05) is 0 Å². The van der Waals surface area contributed by atoms with Crippen LogP contribution in [0, 0.1) is 5.82 Å². The van der Waals surface area contributed by atoms with E-state index in [2.05, 4.69) is 20.4 Å². The van der Waals surface area contributed by atoms with Gasteiger partial charge in [-0.15, -0.1) is 0 Å². The molecule has 31 heavy (non-hydrogen) atoms. The molecule has 1 aromatic carbocycles. The number of pyridine rings is 2. The molecule has 0 saturated heterocycles. The van der Waals surface area contributed by atoms with Crippen LogP contribution >= 0.6 is 0 Å². The Morgan fingerprint density at radius 1 is 1.06 bits per heavy atom. The van der Waals surface area contributed by atoms with Gasteiger partial charge in [-0.05, 0) is 42.8 Å². The molecule has 1 atom stereocenters. The van der Waals surface area contributed by atoms with Crippen LogP contribution in [-0.2, 0) is 9.84 Å². The predicted octanol–water partition coefficient (Wildman–Crippen LogP) is 2.85. The predicted molar refractivity (Wildman–Crippen MR) is 112 cm³/mol. The topological polar surface area (TPSA) is 107 Å². The fourth-order valence-corrected chi connectivity index (χ4v) is 3.69. The molecule has 0 bridgehead atoms. The summed E-state index contributed by atoms with van der Waals surface area (Å²) in [5.41, 5.74) is 2.23. The van der Waals surface area contributed by atoms with Crippen molar-refractivity contribution in [2.45, 2.75) is 18.0 Å². The summed E-state index contributed by atoms with van der Waals surface area (Å²) in [4.78, 5) is 21.0. The van der Waals surface area contributed by atoms with Crippen LogP contribution < -0.4 is 5.32 Å². The quantitative estimate of drug-likeness (QED) is 0.512. The number of carbonyl (C=O) groups excluding carboxylic acids is 1. The second-order valence-corrected chi connectivity index (χ2v) is 9.01.